The predicted molar refractivity (Wildman–Crippen MR) is 109 cm³/mol. The second-order valence-electron chi connectivity index (χ2n) is 6.34. The summed E-state index contributed by atoms with van der Waals surface area (Å²) in [5.74, 6) is 0.365. The molecule has 0 spiro atoms. The fourth-order valence-corrected chi connectivity index (χ4v) is 3.44. The smallest absolute Gasteiger partial charge is 0.270 e. The molecule has 2 heterocycles. The fourth-order valence-electron chi connectivity index (χ4n) is 2.47. The Hall–Kier alpha value is -1.82. The van der Waals surface area contributed by atoms with E-state index in [1.807, 2.05) is 17.5 Å². The van der Waals surface area contributed by atoms with E-state index in [-0.39, 0.29) is 5.91 Å². The van der Waals surface area contributed by atoms with Crippen molar-refractivity contribution in [1.82, 2.24) is 15.1 Å². The molecule has 0 fully saturated rings. The number of rotatable bonds is 6. The van der Waals surface area contributed by atoms with Crippen molar-refractivity contribution in [3.05, 3.63) is 57.5 Å². The molecule has 7 heteroatoms. The van der Waals surface area contributed by atoms with Crippen molar-refractivity contribution < 1.29 is 4.79 Å². The molecule has 0 aliphatic rings. The van der Waals surface area contributed by atoms with E-state index in [2.05, 4.69) is 24.3 Å². The summed E-state index contributed by atoms with van der Waals surface area (Å²) in [6.45, 7) is 4.87. The molecular weight excluding hydrogens is 389 g/mol. The molecule has 0 bridgehead atoms. The second-order valence-corrected chi connectivity index (χ2v) is 8.10. The van der Waals surface area contributed by atoms with Gasteiger partial charge in [0.15, 0.2) is 0 Å². The van der Waals surface area contributed by atoms with Crippen molar-refractivity contribution in [3.63, 3.8) is 0 Å². The summed E-state index contributed by atoms with van der Waals surface area (Å²) >= 11 is 13.7. The number of nitrogens with one attached hydrogen (secondary N) is 1. The molecule has 1 amide bonds. The molecule has 1 N–H and O–H groups in total. The minimum atomic E-state index is -0.160. The first-order chi connectivity index (χ1) is 12.5. The number of amides is 1. The molecule has 3 aromatic rings. The van der Waals surface area contributed by atoms with Crippen LogP contribution in [-0.2, 0) is 0 Å². The molecule has 0 radical (unpaired) electrons. The van der Waals surface area contributed by atoms with Crippen LogP contribution in [0.5, 0.6) is 0 Å². The molecule has 2 aromatic heterocycles. The van der Waals surface area contributed by atoms with Crippen molar-refractivity contribution in [2.75, 3.05) is 6.54 Å². The molecule has 3 rings (SSSR count). The summed E-state index contributed by atoms with van der Waals surface area (Å²) in [6.07, 6.45) is 0.921. The number of hydrogen-bond donors (Lipinski definition) is 1. The van der Waals surface area contributed by atoms with E-state index in [1.165, 1.54) is 0 Å². The zero-order chi connectivity index (χ0) is 18.7. The third-order valence-electron chi connectivity index (χ3n) is 3.87. The number of benzene rings is 1. The second kappa shape index (κ2) is 8.25. The Morgan fingerprint density at radius 1 is 1.23 bits per heavy atom. The summed E-state index contributed by atoms with van der Waals surface area (Å²) in [6, 6.07) is 10.9. The Morgan fingerprint density at radius 3 is 2.69 bits per heavy atom. The quantitative estimate of drug-likeness (QED) is 0.570. The predicted octanol–water partition coefficient (Wildman–Crippen LogP) is 5.68. The first-order valence-electron chi connectivity index (χ1n) is 8.33. The average molecular weight is 408 g/mol. The monoisotopic (exact) mass is 407 g/mol. The van der Waals surface area contributed by atoms with Crippen LogP contribution in [0.3, 0.4) is 0 Å². The van der Waals surface area contributed by atoms with Crippen molar-refractivity contribution in [1.29, 1.82) is 0 Å². The van der Waals surface area contributed by atoms with Gasteiger partial charge in [-0.3, -0.25) is 4.79 Å². The van der Waals surface area contributed by atoms with Crippen molar-refractivity contribution in [2.24, 2.45) is 5.92 Å². The van der Waals surface area contributed by atoms with Gasteiger partial charge in [-0.15, -0.1) is 11.3 Å². The maximum absolute atomic E-state index is 12.7. The van der Waals surface area contributed by atoms with E-state index >= 15 is 0 Å². The van der Waals surface area contributed by atoms with Crippen LogP contribution >= 0.6 is 34.5 Å². The highest BCUT2D eigenvalue weighted by Crippen LogP contribution is 2.28. The van der Waals surface area contributed by atoms with Gasteiger partial charge in [-0.2, -0.15) is 5.10 Å². The number of nitrogens with zero attached hydrogens (tertiary/aromatic N) is 2. The Morgan fingerprint density at radius 2 is 2.04 bits per heavy atom. The van der Waals surface area contributed by atoms with Crippen LogP contribution in [0, 0.1) is 5.92 Å². The lowest BCUT2D eigenvalue weighted by atomic mass is 10.1. The molecule has 26 heavy (non-hydrogen) atoms. The van der Waals surface area contributed by atoms with Gasteiger partial charge < -0.3 is 5.32 Å². The normalized spacial score (nSPS) is 11.1. The number of carbonyl (C=O) groups excluding carboxylic acids is 1. The van der Waals surface area contributed by atoms with Crippen molar-refractivity contribution in [2.45, 2.75) is 20.3 Å². The Kier molecular flexibility index (Phi) is 6.01. The highest BCUT2D eigenvalue weighted by molar-refractivity contribution is 7.13. The van der Waals surface area contributed by atoms with Crippen molar-refractivity contribution >= 4 is 40.4 Å². The van der Waals surface area contributed by atoms with Crippen LogP contribution in [0.1, 0.15) is 30.8 Å². The number of hydrogen-bond acceptors (Lipinski definition) is 3. The van der Waals surface area contributed by atoms with Crippen LogP contribution in [0.15, 0.2) is 41.8 Å². The number of halogens is 2. The first kappa shape index (κ1) is 19.0. The average Bonchev–Trinajstić information content (AvgIpc) is 3.25. The highest BCUT2D eigenvalue weighted by Gasteiger charge is 2.18. The van der Waals surface area contributed by atoms with E-state index in [9.17, 15) is 4.79 Å². The molecule has 0 saturated carbocycles. The summed E-state index contributed by atoms with van der Waals surface area (Å²) in [4.78, 5) is 13.7. The third-order valence-corrected chi connectivity index (χ3v) is 5.50. The molecule has 1 aromatic carbocycles. The van der Waals surface area contributed by atoms with E-state index in [1.54, 1.807) is 40.3 Å². The maximum atomic E-state index is 12.7. The Labute approximate surface area is 166 Å². The molecule has 0 unspecified atom stereocenters. The Balaban J connectivity index is 1.98. The number of aromatic nitrogens is 2. The minimum Gasteiger partial charge on any atom is -0.351 e. The van der Waals surface area contributed by atoms with E-state index in [0.717, 1.165) is 17.0 Å². The molecular formula is C19H19Cl2N3OS. The summed E-state index contributed by atoms with van der Waals surface area (Å²) in [5, 5.41) is 10.5. The van der Waals surface area contributed by atoms with Crippen LogP contribution in [0.25, 0.3) is 16.3 Å². The topological polar surface area (TPSA) is 46.9 Å². The van der Waals surface area contributed by atoms with Crippen LogP contribution in [0.4, 0.5) is 0 Å². The van der Waals surface area contributed by atoms with Gasteiger partial charge in [0.2, 0.25) is 0 Å². The van der Waals surface area contributed by atoms with E-state index < -0.39 is 0 Å². The van der Waals surface area contributed by atoms with Gasteiger partial charge in [-0.25, -0.2) is 4.68 Å². The van der Waals surface area contributed by atoms with Crippen LogP contribution < -0.4 is 5.32 Å². The highest BCUT2D eigenvalue weighted by atomic mass is 35.5. The van der Waals surface area contributed by atoms with Crippen LogP contribution in [0.2, 0.25) is 10.0 Å². The summed E-state index contributed by atoms with van der Waals surface area (Å²) in [7, 11) is 0. The lowest BCUT2D eigenvalue weighted by molar-refractivity contribution is 0.0944. The van der Waals surface area contributed by atoms with Crippen molar-refractivity contribution in [3.8, 4) is 16.3 Å². The summed E-state index contributed by atoms with van der Waals surface area (Å²) < 4.78 is 1.61. The van der Waals surface area contributed by atoms with E-state index in [0.29, 0.717) is 33.9 Å². The first-order valence-corrected chi connectivity index (χ1v) is 9.97. The van der Waals surface area contributed by atoms with Gasteiger partial charge in [0, 0.05) is 6.54 Å². The van der Waals surface area contributed by atoms with Gasteiger partial charge in [0.25, 0.3) is 5.91 Å². The number of thiophene rings is 1. The molecule has 0 aliphatic heterocycles. The zero-order valence-electron chi connectivity index (χ0n) is 14.5. The van der Waals surface area contributed by atoms with Gasteiger partial charge in [-0.05, 0) is 48.1 Å². The molecule has 136 valence electrons. The largest absolute Gasteiger partial charge is 0.351 e. The minimum absolute atomic E-state index is 0.160. The molecule has 0 atom stereocenters. The van der Waals surface area contributed by atoms with Gasteiger partial charge >= 0.3 is 0 Å². The lowest BCUT2D eigenvalue weighted by Gasteiger charge is -2.10. The van der Waals surface area contributed by atoms with Crippen LogP contribution in [-0.4, -0.2) is 22.2 Å². The Bertz CT molecular complexity index is 904. The van der Waals surface area contributed by atoms with Gasteiger partial charge in [-0.1, -0.05) is 43.1 Å². The molecule has 0 aliphatic carbocycles. The maximum Gasteiger partial charge on any atom is 0.270 e. The van der Waals surface area contributed by atoms with Gasteiger partial charge in [0.1, 0.15) is 11.4 Å². The standard InChI is InChI=1S/C19H19Cl2N3OS/c1-12(2)7-8-22-19(25)17-11-16(18-4-3-9-26-18)23-24(17)13-5-6-14(20)15(21)10-13/h3-6,9-12H,7-8H2,1-2H3,(H,22,25). The SMILES string of the molecule is CC(C)CCNC(=O)c1cc(-c2cccs2)nn1-c1ccc(Cl)c(Cl)c1. The molecule has 0 saturated heterocycles. The third kappa shape index (κ3) is 4.29. The number of carbonyl (C=O) groups is 1. The lowest BCUT2D eigenvalue weighted by Crippen LogP contribution is -2.27. The van der Waals surface area contributed by atoms with E-state index in [4.69, 9.17) is 23.2 Å². The molecule has 4 nitrogen and oxygen atoms in total. The summed E-state index contributed by atoms with van der Waals surface area (Å²) in [5.41, 5.74) is 1.91. The van der Waals surface area contributed by atoms with Gasteiger partial charge in [0.05, 0.1) is 20.6 Å². The fraction of sp³-hybridized carbons (Fsp3) is 0.263. The zero-order valence-corrected chi connectivity index (χ0v) is 16.8.